The minimum absolute atomic E-state index is 0.305. The first-order valence-electron chi connectivity index (χ1n) is 7.63. The SMILES string of the molecule is C[C@H](OC(=O)c1cc(F)c(F)cc1Cl)C(=O)Nc1ccc(N(C)C)cc1. The van der Waals surface area contributed by atoms with Crippen LogP contribution >= 0.6 is 11.6 Å². The highest BCUT2D eigenvalue weighted by molar-refractivity contribution is 6.33. The van der Waals surface area contributed by atoms with Gasteiger partial charge in [-0.25, -0.2) is 13.6 Å². The summed E-state index contributed by atoms with van der Waals surface area (Å²) in [5.74, 6) is -4.02. The minimum Gasteiger partial charge on any atom is -0.449 e. The van der Waals surface area contributed by atoms with Crippen LogP contribution in [0.1, 0.15) is 17.3 Å². The average Bonchev–Trinajstić information content (AvgIpc) is 2.58. The van der Waals surface area contributed by atoms with E-state index in [1.54, 1.807) is 12.1 Å². The summed E-state index contributed by atoms with van der Waals surface area (Å²) in [5, 5.41) is 2.29. The number of benzene rings is 2. The second kappa shape index (κ2) is 8.14. The molecule has 0 aromatic heterocycles. The summed E-state index contributed by atoms with van der Waals surface area (Å²) in [5.41, 5.74) is 1.12. The molecule has 0 saturated carbocycles. The number of esters is 1. The van der Waals surface area contributed by atoms with Crippen LogP contribution in [0.15, 0.2) is 36.4 Å². The van der Waals surface area contributed by atoms with Crippen molar-refractivity contribution >= 4 is 34.9 Å². The Balaban J connectivity index is 2.02. The average molecular weight is 383 g/mol. The molecule has 1 atom stereocenters. The third kappa shape index (κ3) is 4.70. The number of ether oxygens (including phenoxy) is 1. The van der Waals surface area contributed by atoms with Gasteiger partial charge in [0.15, 0.2) is 17.7 Å². The molecular weight excluding hydrogens is 366 g/mol. The first-order valence-corrected chi connectivity index (χ1v) is 8.00. The summed E-state index contributed by atoms with van der Waals surface area (Å²) in [6.45, 7) is 1.36. The van der Waals surface area contributed by atoms with Gasteiger partial charge in [-0.15, -0.1) is 0 Å². The molecule has 8 heteroatoms. The lowest BCUT2D eigenvalue weighted by Crippen LogP contribution is -2.30. The van der Waals surface area contributed by atoms with Gasteiger partial charge in [0.1, 0.15) is 0 Å². The molecule has 0 bridgehead atoms. The molecule has 0 aliphatic rings. The maximum atomic E-state index is 13.3. The zero-order chi connectivity index (χ0) is 19.4. The smallest absolute Gasteiger partial charge is 0.340 e. The van der Waals surface area contributed by atoms with Gasteiger partial charge < -0.3 is 15.0 Å². The maximum Gasteiger partial charge on any atom is 0.340 e. The lowest BCUT2D eigenvalue weighted by molar-refractivity contribution is -0.123. The highest BCUT2D eigenvalue weighted by Gasteiger charge is 2.22. The van der Waals surface area contributed by atoms with Crippen LogP contribution in [0.5, 0.6) is 0 Å². The third-order valence-corrected chi connectivity index (χ3v) is 3.85. The summed E-state index contributed by atoms with van der Waals surface area (Å²) < 4.78 is 31.3. The lowest BCUT2D eigenvalue weighted by Gasteiger charge is -2.15. The van der Waals surface area contributed by atoms with E-state index in [9.17, 15) is 18.4 Å². The zero-order valence-electron chi connectivity index (χ0n) is 14.3. The van der Waals surface area contributed by atoms with Gasteiger partial charge in [-0.3, -0.25) is 4.79 Å². The fourth-order valence-corrected chi connectivity index (χ4v) is 2.27. The first kappa shape index (κ1) is 19.7. The van der Waals surface area contributed by atoms with Crippen molar-refractivity contribution in [3.8, 4) is 0 Å². The van der Waals surface area contributed by atoms with E-state index in [2.05, 4.69) is 5.32 Å². The van der Waals surface area contributed by atoms with E-state index in [-0.39, 0.29) is 10.6 Å². The Labute approximate surface area is 154 Å². The molecular formula is C18H17ClF2N2O3. The van der Waals surface area contributed by atoms with E-state index in [1.165, 1.54) is 6.92 Å². The second-order valence-electron chi connectivity index (χ2n) is 5.72. The Morgan fingerprint density at radius 1 is 1.12 bits per heavy atom. The van der Waals surface area contributed by atoms with Crippen molar-refractivity contribution in [3.05, 3.63) is 58.6 Å². The molecule has 2 rings (SSSR count). The van der Waals surface area contributed by atoms with Crippen LogP contribution in [0.4, 0.5) is 20.2 Å². The molecule has 0 heterocycles. The van der Waals surface area contributed by atoms with Gasteiger partial charge in [0.25, 0.3) is 5.91 Å². The van der Waals surface area contributed by atoms with Crippen molar-refractivity contribution in [1.82, 2.24) is 0 Å². The number of nitrogens with zero attached hydrogens (tertiary/aromatic N) is 1. The van der Waals surface area contributed by atoms with Crippen LogP contribution in [-0.4, -0.2) is 32.1 Å². The second-order valence-corrected chi connectivity index (χ2v) is 6.13. The molecule has 0 saturated heterocycles. The highest BCUT2D eigenvalue weighted by Crippen LogP contribution is 2.22. The predicted molar refractivity (Wildman–Crippen MR) is 95.6 cm³/mol. The Morgan fingerprint density at radius 3 is 2.27 bits per heavy atom. The number of anilines is 2. The largest absolute Gasteiger partial charge is 0.449 e. The number of hydrogen-bond acceptors (Lipinski definition) is 4. The van der Waals surface area contributed by atoms with Gasteiger partial charge >= 0.3 is 5.97 Å². The van der Waals surface area contributed by atoms with E-state index in [4.69, 9.17) is 16.3 Å². The standard InChI is InChI=1S/C18H17ClF2N2O3/c1-10(17(24)22-11-4-6-12(7-5-11)23(2)3)26-18(25)13-8-15(20)16(21)9-14(13)19/h4-10H,1-3H3,(H,22,24)/t10-/m0/s1. The number of hydrogen-bond donors (Lipinski definition) is 1. The maximum absolute atomic E-state index is 13.3. The van der Waals surface area contributed by atoms with E-state index in [0.29, 0.717) is 17.8 Å². The summed E-state index contributed by atoms with van der Waals surface area (Å²) in [4.78, 5) is 26.1. The summed E-state index contributed by atoms with van der Waals surface area (Å²) in [6, 6.07) is 8.33. The molecule has 0 aliphatic carbocycles. The number of nitrogens with one attached hydrogen (secondary N) is 1. The van der Waals surface area contributed by atoms with Gasteiger partial charge in [0.05, 0.1) is 10.6 Å². The van der Waals surface area contributed by atoms with Crippen molar-refractivity contribution in [2.45, 2.75) is 13.0 Å². The monoisotopic (exact) mass is 382 g/mol. The van der Waals surface area contributed by atoms with E-state index < -0.39 is 29.6 Å². The van der Waals surface area contributed by atoms with E-state index in [0.717, 1.165) is 5.69 Å². The van der Waals surface area contributed by atoms with Crippen molar-refractivity contribution in [3.63, 3.8) is 0 Å². The van der Waals surface area contributed by atoms with Gasteiger partial charge in [-0.1, -0.05) is 11.6 Å². The Hall–Kier alpha value is -2.67. The molecule has 26 heavy (non-hydrogen) atoms. The van der Waals surface area contributed by atoms with Crippen LogP contribution in [0, 0.1) is 11.6 Å². The molecule has 1 amide bonds. The molecule has 0 fully saturated rings. The number of carbonyl (C=O) groups excluding carboxylic acids is 2. The molecule has 0 spiro atoms. The fraction of sp³-hybridized carbons (Fsp3) is 0.222. The van der Waals surface area contributed by atoms with Crippen molar-refractivity contribution in [2.75, 3.05) is 24.3 Å². The van der Waals surface area contributed by atoms with Crippen molar-refractivity contribution < 1.29 is 23.1 Å². The Kier molecular flexibility index (Phi) is 6.15. The molecule has 138 valence electrons. The topological polar surface area (TPSA) is 58.6 Å². The van der Waals surface area contributed by atoms with Gasteiger partial charge in [-0.2, -0.15) is 0 Å². The van der Waals surface area contributed by atoms with Crippen LogP contribution in [0.3, 0.4) is 0 Å². The molecule has 2 aromatic rings. The van der Waals surface area contributed by atoms with Crippen LogP contribution in [-0.2, 0) is 9.53 Å². The number of carbonyl (C=O) groups is 2. The Bertz CT molecular complexity index is 826. The van der Waals surface area contributed by atoms with Crippen molar-refractivity contribution in [2.24, 2.45) is 0 Å². The van der Waals surface area contributed by atoms with E-state index >= 15 is 0 Å². The molecule has 5 nitrogen and oxygen atoms in total. The van der Waals surface area contributed by atoms with Crippen LogP contribution in [0.25, 0.3) is 0 Å². The third-order valence-electron chi connectivity index (χ3n) is 3.53. The van der Waals surface area contributed by atoms with Crippen LogP contribution < -0.4 is 10.2 Å². The molecule has 0 unspecified atom stereocenters. The number of rotatable bonds is 5. The molecule has 1 N–H and O–H groups in total. The van der Waals surface area contributed by atoms with Crippen LogP contribution in [0.2, 0.25) is 5.02 Å². The first-order chi connectivity index (χ1) is 12.2. The van der Waals surface area contributed by atoms with Gasteiger partial charge in [-0.05, 0) is 43.3 Å². The normalized spacial score (nSPS) is 11.6. The summed E-state index contributed by atoms with van der Waals surface area (Å²) in [7, 11) is 3.77. The molecule has 2 aromatic carbocycles. The fourth-order valence-electron chi connectivity index (χ4n) is 2.04. The van der Waals surface area contributed by atoms with Gasteiger partial charge in [0.2, 0.25) is 0 Å². The quantitative estimate of drug-likeness (QED) is 0.630. The number of amides is 1. The highest BCUT2D eigenvalue weighted by atomic mass is 35.5. The molecule has 0 radical (unpaired) electrons. The lowest BCUT2D eigenvalue weighted by atomic mass is 10.2. The minimum atomic E-state index is -1.24. The zero-order valence-corrected chi connectivity index (χ0v) is 15.1. The van der Waals surface area contributed by atoms with E-state index in [1.807, 2.05) is 31.1 Å². The number of halogens is 3. The summed E-state index contributed by atoms with van der Waals surface area (Å²) in [6.07, 6.45) is -1.17. The van der Waals surface area contributed by atoms with Gasteiger partial charge in [0, 0.05) is 25.5 Å². The summed E-state index contributed by atoms with van der Waals surface area (Å²) >= 11 is 5.72. The Morgan fingerprint density at radius 2 is 1.69 bits per heavy atom. The van der Waals surface area contributed by atoms with Crippen molar-refractivity contribution in [1.29, 1.82) is 0 Å². The molecule has 0 aliphatic heterocycles. The predicted octanol–water partition coefficient (Wildman–Crippen LogP) is 3.87.